The predicted octanol–water partition coefficient (Wildman–Crippen LogP) is 2.33. The molecule has 8 heteroatoms. The van der Waals surface area contributed by atoms with Gasteiger partial charge in [0.25, 0.3) is 0 Å². The van der Waals surface area contributed by atoms with Crippen molar-refractivity contribution in [1.29, 1.82) is 0 Å². The third-order valence-electron chi connectivity index (χ3n) is 3.12. The Morgan fingerprint density at radius 2 is 2.00 bits per heavy atom. The number of hydrogen-bond donors (Lipinski definition) is 1. The number of fused-ring (bicyclic) bond motifs is 1. The molecule has 0 aliphatic carbocycles. The Kier molecular flexibility index (Phi) is 4.30. The molecule has 2 rings (SSSR count). The highest BCUT2D eigenvalue weighted by atomic mass is 35.5. The van der Waals surface area contributed by atoms with E-state index in [-0.39, 0.29) is 5.75 Å². The van der Waals surface area contributed by atoms with Crippen LogP contribution in [-0.2, 0) is 15.6 Å². The Labute approximate surface area is 127 Å². The minimum absolute atomic E-state index is 0.255. The van der Waals surface area contributed by atoms with Crippen LogP contribution in [0.15, 0.2) is 18.5 Å². The monoisotopic (exact) mass is 336 g/mol. The van der Waals surface area contributed by atoms with Crippen LogP contribution in [0, 0.1) is 0 Å². The van der Waals surface area contributed by atoms with Crippen LogP contribution >= 0.6 is 23.2 Å². The summed E-state index contributed by atoms with van der Waals surface area (Å²) in [4.78, 5) is 4.19. The minimum atomic E-state index is -3.49. The number of aliphatic hydroxyl groups excluding tert-OH is 1. The number of aliphatic hydroxyl groups is 1. The summed E-state index contributed by atoms with van der Waals surface area (Å²) in [6.45, 7) is 2.92. The minimum Gasteiger partial charge on any atom is -0.392 e. The van der Waals surface area contributed by atoms with E-state index in [4.69, 9.17) is 23.2 Å². The first-order valence-electron chi connectivity index (χ1n) is 5.93. The van der Waals surface area contributed by atoms with Gasteiger partial charge in [-0.1, -0.05) is 23.2 Å². The van der Waals surface area contributed by atoms with Crippen molar-refractivity contribution in [3.8, 4) is 0 Å². The van der Waals surface area contributed by atoms with E-state index >= 15 is 0 Å². The molecule has 2 atom stereocenters. The van der Waals surface area contributed by atoms with Gasteiger partial charge in [0.2, 0.25) is 0 Å². The smallest absolute Gasteiger partial charge is 0.161 e. The molecule has 0 saturated carbocycles. The van der Waals surface area contributed by atoms with Crippen LogP contribution in [-0.4, -0.2) is 34.3 Å². The summed E-state index contributed by atoms with van der Waals surface area (Å²) >= 11 is 11.9. The van der Waals surface area contributed by atoms with Crippen LogP contribution in [0.2, 0.25) is 10.0 Å². The van der Waals surface area contributed by atoms with E-state index in [0.29, 0.717) is 21.4 Å². The molecular weight excluding hydrogens is 323 g/mol. The fraction of sp³-hybridized carbons (Fsp3) is 0.417. The van der Waals surface area contributed by atoms with Crippen LogP contribution in [0.25, 0.3) is 5.65 Å². The maximum atomic E-state index is 12.1. The van der Waals surface area contributed by atoms with Crippen LogP contribution in [0.4, 0.5) is 0 Å². The molecule has 2 aromatic rings. The van der Waals surface area contributed by atoms with Crippen LogP contribution in [0.3, 0.4) is 0 Å². The molecule has 0 bridgehead atoms. The second-order valence-corrected chi connectivity index (χ2v) is 7.92. The van der Waals surface area contributed by atoms with Crippen molar-refractivity contribution >= 4 is 38.7 Å². The first kappa shape index (κ1) is 15.6. The number of rotatable bonds is 4. The average Bonchev–Trinajstić information content (AvgIpc) is 2.69. The summed E-state index contributed by atoms with van der Waals surface area (Å²) in [5, 5.41) is 9.34. The van der Waals surface area contributed by atoms with Gasteiger partial charge in [0.15, 0.2) is 15.5 Å². The van der Waals surface area contributed by atoms with Gasteiger partial charge in [-0.25, -0.2) is 13.4 Å². The van der Waals surface area contributed by atoms with Crippen molar-refractivity contribution in [2.45, 2.75) is 31.0 Å². The van der Waals surface area contributed by atoms with Crippen molar-refractivity contribution in [2.24, 2.45) is 0 Å². The van der Waals surface area contributed by atoms with Gasteiger partial charge >= 0.3 is 0 Å². The maximum Gasteiger partial charge on any atom is 0.161 e. The molecule has 0 amide bonds. The van der Waals surface area contributed by atoms with E-state index in [1.807, 2.05) is 0 Å². The molecule has 0 aliphatic heterocycles. The highest BCUT2D eigenvalue weighted by Gasteiger charge is 2.26. The van der Waals surface area contributed by atoms with Gasteiger partial charge in [0.05, 0.1) is 32.8 Å². The normalized spacial score (nSPS) is 15.4. The highest BCUT2D eigenvalue weighted by molar-refractivity contribution is 7.91. The molecule has 0 saturated heterocycles. The maximum absolute atomic E-state index is 12.1. The second-order valence-electron chi connectivity index (χ2n) is 4.72. The lowest BCUT2D eigenvalue weighted by molar-refractivity contribution is 0.192. The summed E-state index contributed by atoms with van der Waals surface area (Å²) in [5.41, 5.74) is 0.813. The number of pyridine rings is 1. The third kappa shape index (κ3) is 3.09. The second kappa shape index (κ2) is 5.52. The summed E-state index contributed by atoms with van der Waals surface area (Å²) in [7, 11) is -3.49. The average molecular weight is 337 g/mol. The molecule has 0 radical (unpaired) electrons. The fourth-order valence-electron chi connectivity index (χ4n) is 1.78. The summed E-state index contributed by atoms with van der Waals surface area (Å²) in [6, 6.07) is 1.54. The van der Waals surface area contributed by atoms with E-state index in [1.165, 1.54) is 13.8 Å². The van der Waals surface area contributed by atoms with Crippen molar-refractivity contribution in [3.63, 3.8) is 0 Å². The van der Waals surface area contributed by atoms with Crippen LogP contribution in [0.5, 0.6) is 0 Å². The Morgan fingerprint density at radius 1 is 1.35 bits per heavy atom. The molecule has 5 nitrogen and oxygen atoms in total. The number of nitrogens with zero attached hydrogens (tertiary/aromatic N) is 2. The van der Waals surface area contributed by atoms with Gasteiger partial charge in [-0.05, 0) is 19.9 Å². The molecule has 0 aromatic carbocycles. The lowest BCUT2D eigenvalue weighted by Crippen LogP contribution is -2.30. The third-order valence-corrected chi connectivity index (χ3v) is 5.83. The van der Waals surface area contributed by atoms with Crippen LogP contribution < -0.4 is 0 Å². The van der Waals surface area contributed by atoms with Crippen molar-refractivity contribution in [3.05, 3.63) is 34.2 Å². The summed E-state index contributed by atoms with van der Waals surface area (Å²) in [5.74, 6) is -0.255. The molecular formula is C12H14Cl2N2O3S. The van der Waals surface area contributed by atoms with Crippen molar-refractivity contribution in [2.75, 3.05) is 0 Å². The van der Waals surface area contributed by atoms with E-state index < -0.39 is 21.2 Å². The zero-order chi connectivity index (χ0) is 15.1. The van der Waals surface area contributed by atoms with Crippen molar-refractivity contribution in [1.82, 2.24) is 9.38 Å². The van der Waals surface area contributed by atoms with E-state index in [0.717, 1.165) is 0 Å². The van der Waals surface area contributed by atoms with E-state index in [1.54, 1.807) is 22.9 Å². The highest BCUT2D eigenvalue weighted by Crippen LogP contribution is 2.23. The topological polar surface area (TPSA) is 71.7 Å². The summed E-state index contributed by atoms with van der Waals surface area (Å²) < 4.78 is 25.8. The molecule has 0 spiro atoms. The Hall–Kier alpha value is -0.820. The molecule has 0 aliphatic rings. The quantitative estimate of drug-likeness (QED) is 0.929. The van der Waals surface area contributed by atoms with Gasteiger partial charge < -0.3 is 9.51 Å². The molecule has 20 heavy (non-hydrogen) atoms. The Bertz CT molecular complexity index is 740. The van der Waals surface area contributed by atoms with Gasteiger partial charge in [-0.3, -0.25) is 0 Å². The largest absolute Gasteiger partial charge is 0.392 e. The van der Waals surface area contributed by atoms with E-state index in [2.05, 4.69) is 4.98 Å². The number of halogens is 2. The standard InChI is InChI=1S/C12H14Cl2N2O3S/c1-7(17)8(2)20(18,19)6-10-5-16-4-9(13)3-11(14)12(16)15-10/h3-5,7-8,17H,6H2,1-2H3. The summed E-state index contributed by atoms with van der Waals surface area (Å²) in [6.07, 6.45) is 2.23. The molecule has 1 N–H and O–H groups in total. The molecule has 2 unspecified atom stereocenters. The first-order chi connectivity index (χ1) is 9.20. The Balaban J connectivity index is 2.38. The van der Waals surface area contributed by atoms with Gasteiger partial charge in [-0.15, -0.1) is 0 Å². The van der Waals surface area contributed by atoms with Crippen LogP contribution in [0.1, 0.15) is 19.5 Å². The zero-order valence-corrected chi connectivity index (χ0v) is 13.2. The number of hydrogen-bond acceptors (Lipinski definition) is 4. The van der Waals surface area contributed by atoms with Gasteiger partial charge in [0.1, 0.15) is 0 Å². The lowest BCUT2D eigenvalue weighted by atomic mass is 10.3. The first-order valence-corrected chi connectivity index (χ1v) is 8.40. The van der Waals surface area contributed by atoms with E-state index in [9.17, 15) is 13.5 Å². The fourth-order valence-corrected chi connectivity index (χ4v) is 3.72. The Morgan fingerprint density at radius 3 is 2.60 bits per heavy atom. The molecule has 0 fully saturated rings. The zero-order valence-electron chi connectivity index (χ0n) is 10.9. The lowest BCUT2D eigenvalue weighted by Gasteiger charge is -2.14. The SMILES string of the molecule is CC(O)C(C)S(=O)(=O)Cc1cn2cc(Cl)cc(Cl)c2n1. The molecule has 110 valence electrons. The van der Waals surface area contributed by atoms with Gasteiger partial charge in [0, 0.05) is 12.4 Å². The molecule has 2 aromatic heterocycles. The number of imidazole rings is 1. The van der Waals surface area contributed by atoms with Crippen molar-refractivity contribution < 1.29 is 13.5 Å². The predicted molar refractivity (Wildman–Crippen MR) is 79.0 cm³/mol. The molecule has 2 heterocycles. The number of aromatic nitrogens is 2. The number of sulfone groups is 1. The van der Waals surface area contributed by atoms with Gasteiger partial charge in [-0.2, -0.15) is 0 Å².